The Labute approximate surface area is 211 Å². The number of amides is 2. The molecule has 4 nitrogen and oxygen atoms in total. The Bertz CT molecular complexity index is 1080. The maximum absolute atomic E-state index is 13.3. The van der Waals surface area contributed by atoms with E-state index in [1.54, 1.807) is 0 Å². The monoisotopic (exact) mass is 474 g/mol. The Hall–Kier alpha value is -2.62. The third-order valence-corrected chi connectivity index (χ3v) is 7.70. The lowest BCUT2D eigenvalue weighted by atomic mass is 9.76. The second-order valence-corrected chi connectivity index (χ2v) is 12.4. The molecule has 4 rings (SSSR count). The van der Waals surface area contributed by atoms with E-state index in [9.17, 15) is 9.59 Å². The van der Waals surface area contributed by atoms with Crippen LogP contribution in [0.4, 0.5) is 0 Å². The highest BCUT2D eigenvalue weighted by atomic mass is 16.2. The maximum Gasteiger partial charge on any atom is 0.253 e. The minimum Gasteiger partial charge on any atom is -0.339 e. The van der Waals surface area contributed by atoms with Gasteiger partial charge in [-0.2, -0.15) is 0 Å². The Morgan fingerprint density at radius 1 is 0.714 bits per heavy atom. The van der Waals surface area contributed by atoms with Crippen molar-refractivity contribution in [1.82, 2.24) is 9.80 Å². The maximum atomic E-state index is 13.3. The first-order valence-electron chi connectivity index (χ1n) is 13.3. The van der Waals surface area contributed by atoms with Crippen molar-refractivity contribution in [2.45, 2.75) is 84.0 Å². The van der Waals surface area contributed by atoms with E-state index in [4.69, 9.17) is 0 Å². The molecular formula is C31H42N2O2. The van der Waals surface area contributed by atoms with Crippen molar-refractivity contribution >= 4 is 11.8 Å². The lowest BCUT2D eigenvalue weighted by molar-refractivity contribution is 0.0711. The zero-order valence-corrected chi connectivity index (χ0v) is 22.5. The van der Waals surface area contributed by atoms with Crippen LogP contribution in [0.2, 0.25) is 0 Å². The fourth-order valence-corrected chi connectivity index (χ4v) is 5.49. The summed E-state index contributed by atoms with van der Waals surface area (Å²) in [7, 11) is 0. The van der Waals surface area contributed by atoms with Crippen LogP contribution in [0.1, 0.15) is 111 Å². The van der Waals surface area contributed by atoms with Gasteiger partial charge >= 0.3 is 0 Å². The number of carbonyl (C=O) groups excluding carboxylic acids is 2. The van der Waals surface area contributed by atoms with E-state index < -0.39 is 0 Å². The van der Waals surface area contributed by atoms with Gasteiger partial charge in [0.1, 0.15) is 0 Å². The van der Waals surface area contributed by atoms with Gasteiger partial charge in [0.2, 0.25) is 0 Å². The first-order valence-corrected chi connectivity index (χ1v) is 13.3. The fourth-order valence-electron chi connectivity index (χ4n) is 5.49. The predicted molar refractivity (Wildman–Crippen MR) is 143 cm³/mol. The molecule has 0 unspecified atom stereocenters. The lowest BCUT2D eigenvalue weighted by Crippen LogP contribution is -2.38. The Kier molecular flexibility index (Phi) is 7.13. The molecule has 0 saturated carbocycles. The summed E-state index contributed by atoms with van der Waals surface area (Å²) < 4.78 is 0. The molecule has 188 valence electrons. The topological polar surface area (TPSA) is 40.6 Å². The van der Waals surface area contributed by atoms with Crippen molar-refractivity contribution < 1.29 is 9.59 Å². The number of hydrogen-bond donors (Lipinski definition) is 0. The van der Waals surface area contributed by atoms with Crippen LogP contribution < -0.4 is 0 Å². The van der Waals surface area contributed by atoms with E-state index >= 15 is 0 Å². The normalized spacial score (nSPS) is 17.7. The first kappa shape index (κ1) is 25.5. The van der Waals surface area contributed by atoms with E-state index in [0.29, 0.717) is 5.92 Å². The highest BCUT2D eigenvalue weighted by molar-refractivity contribution is 5.95. The van der Waals surface area contributed by atoms with Gasteiger partial charge in [0.25, 0.3) is 11.8 Å². The van der Waals surface area contributed by atoms with E-state index in [2.05, 4.69) is 65.8 Å². The van der Waals surface area contributed by atoms with E-state index in [1.165, 1.54) is 16.7 Å². The van der Waals surface area contributed by atoms with Gasteiger partial charge in [0.05, 0.1) is 0 Å². The molecule has 2 saturated heterocycles. The van der Waals surface area contributed by atoms with Crippen LogP contribution in [-0.2, 0) is 10.8 Å². The molecule has 4 heteroatoms. The van der Waals surface area contributed by atoms with Crippen molar-refractivity contribution in [2.75, 3.05) is 26.2 Å². The van der Waals surface area contributed by atoms with Crippen LogP contribution in [0.15, 0.2) is 42.5 Å². The number of rotatable bonds is 3. The van der Waals surface area contributed by atoms with Gasteiger partial charge in [-0.1, -0.05) is 59.7 Å². The molecule has 0 radical (unpaired) electrons. The number of carbonyl (C=O) groups is 2. The smallest absolute Gasteiger partial charge is 0.253 e. The number of piperidine rings is 1. The quantitative estimate of drug-likeness (QED) is 0.507. The number of benzene rings is 2. The highest BCUT2D eigenvalue weighted by Crippen LogP contribution is 2.37. The van der Waals surface area contributed by atoms with Gasteiger partial charge in [-0.15, -0.1) is 0 Å². The van der Waals surface area contributed by atoms with Crippen LogP contribution in [0.25, 0.3) is 0 Å². The van der Waals surface area contributed by atoms with Crippen LogP contribution in [0.5, 0.6) is 0 Å². The summed E-state index contributed by atoms with van der Waals surface area (Å²) in [5, 5.41) is 0. The number of likely N-dealkylation sites (tertiary alicyclic amines) is 2. The summed E-state index contributed by atoms with van der Waals surface area (Å²) in [4.78, 5) is 30.3. The molecule has 2 heterocycles. The summed E-state index contributed by atoms with van der Waals surface area (Å²) in [5.74, 6) is 0.708. The summed E-state index contributed by atoms with van der Waals surface area (Å²) in [5.41, 5.74) is 5.38. The second kappa shape index (κ2) is 9.79. The van der Waals surface area contributed by atoms with Crippen molar-refractivity contribution in [3.63, 3.8) is 0 Å². The molecule has 0 aliphatic carbocycles. The van der Waals surface area contributed by atoms with E-state index in [-0.39, 0.29) is 22.6 Å². The van der Waals surface area contributed by atoms with Crippen molar-refractivity contribution in [3.8, 4) is 0 Å². The SMILES string of the molecule is CC(C)(C)c1cccc(C(=O)N2CCC(c3ccc(C(=O)N4CCCC4)cc3C(C)(C)C)CC2)c1. The lowest BCUT2D eigenvalue weighted by Gasteiger charge is -2.35. The summed E-state index contributed by atoms with van der Waals surface area (Å²) >= 11 is 0. The number of hydrogen-bond acceptors (Lipinski definition) is 2. The van der Waals surface area contributed by atoms with Crippen molar-refractivity contribution in [3.05, 3.63) is 70.3 Å². The average Bonchev–Trinajstić information content (AvgIpc) is 3.37. The molecule has 2 aliphatic heterocycles. The molecule has 0 atom stereocenters. The van der Waals surface area contributed by atoms with Crippen molar-refractivity contribution in [1.29, 1.82) is 0 Å². The molecule has 2 amide bonds. The van der Waals surface area contributed by atoms with Crippen LogP contribution >= 0.6 is 0 Å². The molecule has 0 bridgehead atoms. The third kappa shape index (κ3) is 5.63. The summed E-state index contributed by atoms with van der Waals surface area (Å²) in [6, 6.07) is 14.5. The molecule has 2 aromatic carbocycles. The minimum absolute atomic E-state index is 0.0228. The minimum atomic E-state index is -0.0447. The predicted octanol–water partition coefficient (Wildman–Crippen LogP) is 6.54. The molecule has 35 heavy (non-hydrogen) atoms. The summed E-state index contributed by atoms with van der Waals surface area (Å²) in [6.45, 7) is 16.5. The van der Waals surface area contributed by atoms with Crippen molar-refractivity contribution in [2.24, 2.45) is 0 Å². The Morgan fingerprint density at radius 2 is 1.29 bits per heavy atom. The molecule has 2 aromatic rings. The van der Waals surface area contributed by atoms with Gasteiger partial charge in [-0.3, -0.25) is 9.59 Å². The van der Waals surface area contributed by atoms with Gasteiger partial charge in [0, 0.05) is 37.3 Å². The molecular weight excluding hydrogens is 432 g/mol. The fraction of sp³-hybridized carbons (Fsp3) is 0.548. The molecule has 2 fully saturated rings. The standard InChI is InChI=1S/C31H42N2O2/c1-30(2,3)25-11-9-10-23(20-25)28(34)33-18-14-22(15-19-33)26-13-12-24(21-27(26)31(4,5)6)29(35)32-16-7-8-17-32/h9-13,20-22H,7-8,14-19H2,1-6H3. The summed E-state index contributed by atoms with van der Waals surface area (Å²) in [6.07, 6.45) is 4.11. The van der Waals surface area contributed by atoms with Crippen LogP contribution in [0, 0.1) is 0 Å². The van der Waals surface area contributed by atoms with E-state index in [0.717, 1.165) is 63.0 Å². The zero-order chi connectivity index (χ0) is 25.4. The third-order valence-electron chi connectivity index (χ3n) is 7.70. The largest absolute Gasteiger partial charge is 0.339 e. The first-order chi connectivity index (χ1) is 16.4. The molecule has 2 aliphatic rings. The Morgan fingerprint density at radius 3 is 1.86 bits per heavy atom. The van der Waals surface area contributed by atoms with Crippen LogP contribution in [0.3, 0.4) is 0 Å². The molecule has 0 aromatic heterocycles. The van der Waals surface area contributed by atoms with Gasteiger partial charge < -0.3 is 9.80 Å². The second-order valence-electron chi connectivity index (χ2n) is 12.4. The number of nitrogens with zero attached hydrogens (tertiary/aromatic N) is 2. The van der Waals surface area contributed by atoms with Gasteiger partial charge in [-0.25, -0.2) is 0 Å². The molecule has 0 N–H and O–H groups in total. The molecule has 0 spiro atoms. The zero-order valence-electron chi connectivity index (χ0n) is 22.5. The van der Waals surface area contributed by atoms with E-state index in [1.807, 2.05) is 28.0 Å². The van der Waals surface area contributed by atoms with Gasteiger partial charge in [0.15, 0.2) is 0 Å². The van der Waals surface area contributed by atoms with Crippen LogP contribution in [-0.4, -0.2) is 47.8 Å². The average molecular weight is 475 g/mol. The Balaban J connectivity index is 1.50. The highest BCUT2D eigenvalue weighted by Gasteiger charge is 2.30. The van der Waals surface area contributed by atoms with Gasteiger partial charge in [-0.05, 0) is 83.4 Å².